The molecule has 1 fully saturated rings. The van der Waals surface area contributed by atoms with Gasteiger partial charge in [0.25, 0.3) is 0 Å². The molecular weight excluding hydrogens is 422 g/mol. The Bertz CT molecular complexity index is 846. The van der Waals surface area contributed by atoms with Gasteiger partial charge in [-0.2, -0.15) is 0 Å². The highest BCUT2D eigenvalue weighted by Gasteiger charge is 2.28. The summed E-state index contributed by atoms with van der Waals surface area (Å²) < 4.78 is 30.3. The average Bonchev–Trinajstić information content (AvgIpc) is 2.86. The lowest BCUT2D eigenvalue weighted by atomic mass is 9.73. The molecular formula is C32H46F2. The van der Waals surface area contributed by atoms with E-state index in [2.05, 4.69) is 32.9 Å². The quantitative estimate of drug-likeness (QED) is 0.256. The maximum Gasteiger partial charge on any atom is 0.166 e. The zero-order chi connectivity index (χ0) is 24.3. The summed E-state index contributed by atoms with van der Waals surface area (Å²) in [5.74, 6) is 0.0198. The third-order valence-electron chi connectivity index (χ3n) is 8.25. The number of halogens is 2. The normalized spacial score (nSPS) is 19.3. The smallest absolute Gasteiger partial charge is 0.166 e. The van der Waals surface area contributed by atoms with Gasteiger partial charge in [-0.05, 0) is 60.1 Å². The van der Waals surface area contributed by atoms with Crippen molar-refractivity contribution in [2.24, 2.45) is 11.8 Å². The van der Waals surface area contributed by atoms with Crippen LogP contribution in [0.3, 0.4) is 0 Å². The number of hydrogen-bond donors (Lipinski definition) is 0. The van der Waals surface area contributed by atoms with Gasteiger partial charge in [0.05, 0.1) is 0 Å². The van der Waals surface area contributed by atoms with Crippen molar-refractivity contribution in [3.63, 3.8) is 0 Å². The lowest BCUT2D eigenvalue weighted by molar-refractivity contribution is 0.233. The van der Waals surface area contributed by atoms with E-state index in [1.165, 1.54) is 76.2 Å². The Labute approximate surface area is 207 Å². The molecule has 2 aromatic rings. The highest BCUT2D eigenvalue weighted by molar-refractivity contribution is 5.65. The largest absolute Gasteiger partial charge is 0.203 e. The van der Waals surface area contributed by atoms with Crippen LogP contribution in [-0.2, 0) is 6.42 Å². The van der Waals surface area contributed by atoms with E-state index in [-0.39, 0.29) is 5.92 Å². The van der Waals surface area contributed by atoms with Crippen LogP contribution in [0, 0.1) is 23.5 Å². The maximum absolute atomic E-state index is 15.2. The summed E-state index contributed by atoms with van der Waals surface area (Å²) >= 11 is 0. The fourth-order valence-corrected chi connectivity index (χ4v) is 5.84. The van der Waals surface area contributed by atoms with E-state index in [9.17, 15) is 0 Å². The van der Waals surface area contributed by atoms with Crippen LogP contribution in [0.25, 0.3) is 11.1 Å². The van der Waals surface area contributed by atoms with Gasteiger partial charge < -0.3 is 0 Å². The number of unbranched alkanes of at least 4 members (excludes halogenated alkanes) is 6. The molecule has 0 N–H and O–H groups in total. The van der Waals surface area contributed by atoms with Gasteiger partial charge in [0.15, 0.2) is 11.6 Å². The molecule has 1 atom stereocenters. The van der Waals surface area contributed by atoms with Crippen molar-refractivity contribution in [1.29, 1.82) is 0 Å². The summed E-state index contributed by atoms with van der Waals surface area (Å²) in [6, 6.07) is 11.6. The summed E-state index contributed by atoms with van der Waals surface area (Å²) in [5.41, 5.74) is 2.95. The standard InChI is InChI=1S/C32H46F2/c1-4-6-8-9-11-13-26-14-18-27(19-15-26)24(3)29-22-23-30(32(34)31(29)33)28-20-16-25(17-21-28)12-10-7-5-2/h16-17,20-24,26-27H,4-15,18-19H2,1-3H3. The fraction of sp³-hybridized carbons (Fsp3) is 0.625. The Morgan fingerprint density at radius 1 is 0.735 bits per heavy atom. The lowest BCUT2D eigenvalue weighted by Crippen LogP contribution is -2.20. The van der Waals surface area contributed by atoms with Gasteiger partial charge in [0, 0.05) is 5.56 Å². The van der Waals surface area contributed by atoms with Crippen LogP contribution in [0.1, 0.15) is 121 Å². The van der Waals surface area contributed by atoms with E-state index in [4.69, 9.17) is 0 Å². The third-order valence-corrected chi connectivity index (χ3v) is 8.25. The van der Waals surface area contributed by atoms with Crippen LogP contribution < -0.4 is 0 Å². The van der Waals surface area contributed by atoms with Crippen molar-refractivity contribution in [3.05, 3.63) is 59.2 Å². The summed E-state index contributed by atoms with van der Waals surface area (Å²) in [6.07, 6.45) is 17.5. The molecule has 34 heavy (non-hydrogen) atoms. The van der Waals surface area contributed by atoms with Gasteiger partial charge in [0.2, 0.25) is 0 Å². The SMILES string of the molecule is CCCCCCCC1CCC(C(C)c2ccc(-c3ccc(CCCCC)cc3)c(F)c2F)CC1. The first-order chi connectivity index (χ1) is 16.5. The maximum atomic E-state index is 15.2. The highest BCUT2D eigenvalue weighted by Crippen LogP contribution is 2.41. The molecule has 1 aliphatic rings. The molecule has 0 spiro atoms. The minimum Gasteiger partial charge on any atom is -0.203 e. The molecule has 0 amide bonds. The van der Waals surface area contributed by atoms with Crippen molar-refractivity contribution in [2.75, 3.05) is 0 Å². The van der Waals surface area contributed by atoms with E-state index < -0.39 is 11.6 Å². The van der Waals surface area contributed by atoms with Crippen LogP contribution >= 0.6 is 0 Å². The summed E-state index contributed by atoms with van der Waals surface area (Å²) in [6.45, 7) is 6.56. The molecule has 0 radical (unpaired) electrons. The molecule has 1 aliphatic carbocycles. The van der Waals surface area contributed by atoms with Crippen LogP contribution in [0.2, 0.25) is 0 Å². The van der Waals surface area contributed by atoms with Crippen molar-refractivity contribution in [2.45, 2.75) is 117 Å². The van der Waals surface area contributed by atoms with E-state index in [1.807, 2.05) is 18.2 Å². The van der Waals surface area contributed by atoms with Gasteiger partial charge in [-0.3, -0.25) is 0 Å². The second-order valence-electron chi connectivity index (χ2n) is 10.8. The second kappa shape index (κ2) is 14.0. The molecule has 1 saturated carbocycles. The molecule has 1 unspecified atom stereocenters. The van der Waals surface area contributed by atoms with Crippen molar-refractivity contribution >= 4 is 0 Å². The van der Waals surface area contributed by atoms with E-state index >= 15 is 8.78 Å². The molecule has 0 heterocycles. The number of rotatable bonds is 13. The average molecular weight is 469 g/mol. The molecule has 0 bridgehead atoms. The highest BCUT2D eigenvalue weighted by atomic mass is 19.2. The van der Waals surface area contributed by atoms with Crippen LogP contribution in [0.5, 0.6) is 0 Å². The number of hydrogen-bond acceptors (Lipinski definition) is 0. The van der Waals surface area contributed by atoms with Crippen LogP contribution in [0.4, 0.5) is 8.78 Å². The van der Waals surface area contributed by atoms with E-state index in [0.29, 0.717) is 17.0 Å². The number of benzene rings is 2. The van der Waals surface area contributed by atoms with Crippen molar-refractivity contribution in [1.82, 2.24) is 0 Å². The first-order valence-electron chi connectivity index (χ1n) is 14.1. The monoisotopic (exact) mass is 468 g/mol. The molecule has 0 aromatic heterocycles. The molecule has 188 valence electrons. The minimum absolute atomic E-state index is 0.0648. The summed E-state index contributed by atoms with van der Waals surface area (Å²) in [5, 5.41) is 0. The van der Waals surface area contributed by atoms with Gasteiger partial charge in [-0.1, -0.05) is 121 Å². The Morgan fingerprint density at radius 2 is 1.38 bits per heavy atom. The molecule has 0 nitrogen and oxygen atoms in total. The molecule has 3 rings (SSSR count). The predicted octanol–water partition coefficient (Wildman–Crippen LogP) is 10.6. The molecule has 2 heteroatoms. The molecule has 0 aliphatic heterocycles. The first kappa shape index (κ1) is 26.9. The van der Waals surface area contributed by atoms with Crippen LogP contribution in [-0.4, -0.2) is 0 Å². The van der Waals surface area contributed by atoms with Crippen molar-refractivity contribution < 1.29 is 8.78 Å². The van der Waals surface area contributed by atoms with Gasteiger partial charge in [-0.25, -0.2) is 8.78 Å². The predicted molar refractivity (Wildman–Crippen MR) is 142 cm³/mol. The van der Waals surface area contributed by atoms with Crippen LogP contribution in [0.15, 0.2) is 36.4 Å². The fourth-order valence-electron chi connectivity index (χ4n) is 5.84. The Kier molecular flexibility index (Phi) is 11.1. The van der Waals surface area contributed by atoms with Crippen molar-refractivity contribution in [3.8, 4) is 11.1 Å². The van der Waals surface area contributed by atoms with Gasteiger partial charge >= 0.3 is 0 Å². The van der Waals surface area contributed by atoms with Gasteiger partial charge in [0.1, 0.15) is 0 Å². The third kappa shape index (κ3) is 7.40. The first-order valence-corrected chi connectivity index (χ1v) is 14.1. The summed E-state index contributed by atoms with van der Waals surface area (Å²) in [7, 11) is 0. The zero-order valence-electron chi connectivity index (χ0n) is 21.9. The Hall–Kier alpha value is -1.70. The second-order valence-corrected chi connectivity index (χ2v) is 10.8. The van der Waals surface area contributed by atoms with E-state index in [0.717, 1.165) is 30.7 Å². The Balaban J connectivity index is 1.57. The minimum atomic E-state index is -0.691. The number of aryl methyl sites for hydroxylation is 1. The van der Waals surface area contributed by atoms with Gasteiger partial charge in [-0.15, -0.1) is 0 Å². The lowest BCUT2D eigenvalue weighted by Gasteiger charge is -2.33. The molecule has 0 saturated heterocycles. The Morgan fingerprint density at radius 3 is 2.06 bits per heavy atom. The topological polar surface area (TPSA) is 0 Å². The summed E-state index contributed by atoms with van der Waals surface area (Å²) in [4.78, 5) is 0. The molecule has 2 aromatic carbocycles. The van der Waals surface area contributed by atoms with E-state index in [1.54, 1.807) is 6.07 Å². The zero-order valence-corrected chi connectivity index (χ0v) is 21.9.